The second kappa shape index (κ2) is 5.09. The van der Waals surface area contributed by atoms with Crippen LogP contribution in [0.5, 0.6) is 0 Å². The van der Waals surface area contributed by atoms with E-state index in [0.29, 0.717) is 5.06 Å². The number of hydrogen-bond acceptors (Lipinski definition) is 3. The number of aliphatic hydroxyl groups excluding tert-OH is 1. The Morgan fingerprint density at radius 2 is 2.17 bits per heavy atom. The van der Waals surface area contributed by atoms with Crippen molar-refractivity contribution in [3.05, 3.63) is 0 Å². The van der Waals surface area contributed by atoms with Gasteiger partial charge in [0.2, 0.25) is 16.4 Å². The average Bonchev–Trinajstić information content (AvgIpc) is 1.97. The first-order valence-corrected chi connectivity index (χ1v) is 4.18. The summed E-state index contributed by atoms with van der Waals surface area (Å²) in [6.45, 7) is 1.82. The van der Waals surface area contributed by atoms with Crippen LogP contribution in [0.25, 0.3) is 0 Å². The van der Waals surface area contributed by atoms with Crippen molar-refractivity contribution in [1.29, 1.82) is 0 Å². The molecular formula is C5H8Cl3NO3. The maximum absolute atomic E-state index is 10.2. The number of carbonyl (C=O) groups excluding carboxylic acids is 1. The molecule has 1 unspecified atom stereocenters. The zero-order valence-corrected chi connectivity index (χ0v) is 8.47. The fraction of sp³-hybridized carbons (Fsp3) is 0.800. The van der Waals surface area contributed by atoms with Gasteiger partial charge in [0.15, 0.2) is 0 Å². The zero-order chi connectivity index (χ0) is 9.78. The van der Waals surface area contributed by atoms with Gasteiger partial charge in [-0.2, -0.15) is 5.06 Å². The van der Waals surface area contributed by atoms with E-state index in [2.05, 4.69) is 4.84 Å². The summed E-state index contributed by atoms with van der Waals surface area (Å²) in [7, 11) is 0. The topological polar surface area (TPSA) is 49.8 Å². The Morgan fingerprint density at radius 1 is 1.67 bits per heavy atom. The van der Waals surface area contributed by atoms with Gasteiger partial charge in [0, 0.05) is 0 Å². The molecule has 1 amide bonds. The number of hydrogen-bond donors (Lipinski definition) is 1. The molecule has 4 nitrogen and oxygen atoms in total. The molecule has 0 aliphatic heterocycles. The third-order valence-electron chi connectivity index (χ3n) is 0.916. The first-order chi connectivity index (χ1) is 5.43. The molecule has 0 fully saturated rings. The van der Waals surface area contributed by atoms with Crippen molar-refractivity contribution in [2.75, 3.05) is 6.61 Å². The second-order valence-electron chi connectivity index (χ2n) is 1.80. The van der Waals surface area contributed by atoms with Crippen LogP contribution in [-0.4, -0.2) is 33.2 Å². The van der Waals surface area contributed by atoms with Gasteiger partial charge in [0.05, 0.1) is 6.61 Å². The van der Waals surface area contributed by atoms with Crippen LogP contribution in [0.3, 0.4) is 0 Å². The predicted molar refractivity (Wildman–Crippen MR) is 45.8 cm³/mol. The molecule has 0 saturated carbocycles. The first-order valence-electron chi connectivity index (χ1n) is 3.04. The average molecular weight is 236 g/mol. The molecular weight excluding hydrogens is 228 g/mol. The summed E-state index contributed by atoms with van der Waals surface area (Å²) < 4.78 is -1.98. The number of nitrogens with zero attached hydrogens (tertiary/aromatic N) is 1. The Kier molecular flexibility index (Phi) is 5.20. The smallest absolute Gasteiger partial charge is 0.236 e. The number of amides is 1. The first kappa shape index (κ1) is 12.3. The van der Waals surface area contributed by atoms with Crippen molar-refractivity contribution in [2.24, 2.45) is 0 Å². The normalized spacial score (nSPS) is 14.1. The lowest BCUT2D eigenvalue weighted by Crippen LogP contribution is -2.43. The third kappa shape index (κ3) is 3.78. The lowest BCUT2D eigenvalue weighted by Gasteiger charge is -2.26. The van der Waals surface area contributed by atoms with Crippen molar-refractivity contribution in [2.45, 2.75) is 16.9 Å². The van der Waals surface area contributed by atoms with Crippen LogP contribution in [0.1, 0.15) is 6.92 Å². The van der Waals surface area contributed by atoms with Crippen LogP contribution in [0, 0.1) is 0 Å². The fourth-order valence-corrected chi connectivity index (χ4v) is 0.741. The Balaban J connectivity index is 4.20. The predicted octanol–water partition coefficient (Wildman–Crippen LogP) is 1.08. The van der Waals surface area contributed by atoms with E-state index in [1.54, 1.807) is 6.92 Å². The minimum Gasteiger partial charge on any atom is -0.368 e. The van der Waals surface area contributed by atoms with E-state index in [-0.39, 0.29) is 13.0 Å². The number of aliphatic hydroxyl groups is 1. The Hall–Kier alpha value is 0.260. The summed E-state index contributed by atoms with van der Waals surface area (Å²) in [4.78, 5) is 14.9. The van der Waals surface area contributed by atoms with Crippen molar-refractivity contribution in [3.8, 4) is 0 Å². The van der Waals surface area contributed by atoms with Gasteiger partial charge in [0.25, 0.3) is 0 Å². The van der Waals surface area contributed by atoms with Gasteiger partial charge in [-0.15, -0.1) is 0 Å². The maximum Gasteiger partial charge on any atom is 0.236 e. The van der Waals surface area contributed by atoms with E-state index in [0.717, 1.165) is 0 Å². The lowest BCUT2D eigenvalue weighted by molar-refractivity contribution is -0.218. The highest BCUT2D eigenvalue weighted by molar-refractivity contribution is 6.68. The van der Waals surface area contributed by atoms with Crippen molar-refractivity contribution in [1.82, 2.24) is 5.06 Å². The molecule has 0 aliphatic carbocycles. The highest BCUT2D eigenvalue weighted by Gasteiger charge is 2.36. The third-order valence-corrected chi connectivity index (χ3v) is 1.50. The molecule has 0 aromatic rings. The molecule has 0 aromatic carbocycles. The van der Waals surface area contributed by atoms with Gasteiger partial charge in [-0.3, -0.25) is 9.63 Å². The Labute approximate surface area is 84.9 Å². The van der Waals surface area contributed by atoms with Gasteiger partial charge >= 0.3 is 0 Å². The minimum absolute atomic E-state index is 0.191. The monoisotopic (exact) mass is 235 g/mol. The highest BCUT2D eigenvalue weighted by atomic mass is 35.6. The molecule has 1 N–H and O–H groups in total. The molecule has 0 rings (SSSR count). The molecule has 0 radical (unpaired) electrons. The zero-order valence-electron chi connectivity index (χ0n) is 6.21. The van der Waals surface area contributed by atoms with Crippen LogP contribution < -0.4 is 0 Å². The summed E-state index contributed by atoms with van der Waals surface area (Å²) in [6.07, 6.45) is -1.38. The molecule has 72 valence electrons. The molecule has 1 atom stereocenters. The highest BCUT2D eigenvalue weighted by Crippen LogP contribution is 2.31. The molecule has 12 heavy (non-hydrogen) atoms. The van der Waals surface area contributed by atoms with E-state index in [9.17, 15) is 4.79 Å². The largest absolute Gasteiger partial charge is 0.368 e. The van der Waals surface area contributed by atoms with Crippen LogP contribution in [0.15, 0.2) is 0 Å². The van der Waals surface area contributed by atoms with Gasteiger partial charge < -0.3 is 5.11 Å². The molecule has 0 saturated heterocycles. The van der Waals surface area contributed by atoms with Crippen molar-refractivity contribution >= 4 is 41.2 Å². The van der Waals surface area contributed by atoms with Gasteiger partial charge in [-0.1, -0.05) is 34.8 Å². The van der Waals surface area contributed by atoms with Crippen LogP contribution in [-0.2, 0) is 9.63 Å². The summed E-state index contributed by atoms with van der Waals surface area (Å²) in [5.74, 6) is 0. The van der Waals surface area contributed by atoms with E-state index in [1.807, 2.05) is 0 Å². The van der Waals surface area contributed by atoms with Crippen molar-refractivity contribution in [3.63, 3.8) is 0 Å². The summed E-state index contributed by atoms with van der Waals surface area (Å²) in [5.41, 5.74) is 0. The van der Waals surface area contributed by atoms with E-state index >= 15 is 0 Å². The van der Waals surface area contributed by atoms with E-state index < -0.39 is 10.0 Å². The number of alkyl halides is 3. The number of carbonyl (C=O) groups is 1. The number of rotatable bonds is 4. The maximum atomic E-state index is 10.2. The van der Waals surface area contributed by atoms with E-state index in [1.165, 1.54) is 0 Å². The molecule has 0 spiro atoms. The fourth-order valence-electron chi connectivity index (χ4n) is 0.452. The van der Waals surface area contributed by atoms with Crippen LogP contribution in [0.4, 0.5) is 0 Å². The summed E-state index contributed by atoms with van der Waals surface area (Å²) >= 11 is 15.9. The number of hydroxylamine groups is 2. The Morgan fingerprint density at radius 3 is 2.42 bits per heavy atom. The quantitative estimate of drug-likeness (QED) is 0.344. The molecule has 0 bridgehead atoms. The molecule has 0 aliphatic rings. The lowest BCUT2D eigenvalue weighted by atomic mass is 10.6. The summed E-state index contributed by atoms with van der Waals surface area (Å²) in [6, 6.07) is 0. The molecule has 0 aromatic heterocycles. The van der Waals surface area contributed by atoms with Crippen LogP contribution >= 0.6 is 34.8 Å². The summed E-state index contributed by atoms with van der Waals surface area (Å²) in [5, 5.41) is 9.69. The molecule has 0 heterocycles. The minimum atomic E-state index is -1.98. The molecule has 7 heteroatoms. The van der Waals surface area contributed by atoms with Gasteiger partial charge in [-0.25, -0.2) is 0 Å². The second-order valence-corrected chi connectivity index (χ2v) is 4.17. The van der Waals surface area contributed by atoms with Gasteiger partial charge in [0.1, 0.15) is 0 Å². The van der Waals surface area contributed by atoms with Gasteiger partial charge in [-0.05, 0) is 6.92 Å². The SMILES string of the molecule is CCON(C=O)C(O)C(Cl)(Cl)Cl. The number of halogens is 3. The van der Waals surface area contributed by atoms with E-state index in [4.69, 9.17) is 39.9 Å². The van der Waals surface area contributed by atoms with Crippen molar-refractivity contribution < 1.29 is 14.7 Å². The van der Waals surface area contributed by atoms with Crippen LogP contribution in [0.2, 0.25) is 0 Å². The Bertz CT molecular complexity index is 149. The standard InChI is InChI=1S/C5H8Cl3NO3/c1-2-12-9(3-10)4(11)5(6,7)8/h3-4,11H,2H2,1H3.